The minimum absolute atomic E-state index is 0.156. The summed E-state index contributed by atoms with van der Waals surface area (Å²) < 4.78 is 5.27. The Bertz CT molecular complexity index is 731. The molecular weight excluding hydrogens is 246 g/mol. The molecule has 0 spiro atoms. The van der Waals surface area contributed by atoms with E-state index in [4.69, 9.17) is 10.5 Å². The largest absolute Gasteiger partial charge is 0.497 e. The maximum atomic E-state index is 6.45. The molecule has 3 rings (SSSR count). The van der Waals surface area contributed by atoms with Crippen molar-refractivity contribution in [3.05, 3.63) is 77.9 Å². The fraction of sp³-hybridized carbons (Fsp3) is 0.111. The van der Waals surface area contributed by atoms with Crippen LogP contribution in [0.2, 0.25) is 0 Å². The highest BCUT2D eigenvalue weighted by atomic mass is 16.5. The molecule has 2 nitrogen and oxygen atoms in total. The molecule has 0 bridgehead atoms. The van der Waals surface area contributed by atoms with Crippen molar-refractivity contribution in [3.63, 3.8) is 0 Å². The van der Waals surface area contributed by atoms with Crippen molar-refractivity contribution in [1.29, 1.82) is 0 Å². The van der Waals surface area contributed by atoms with Gasteiger partial charge in [-0.2, -0.15) is 0 Å². The lowest BCUT2D eigenvalue weighted by molar-refractivity contribution is 0.414. The molecule has 0 heterocycles. The van der Waals surface area contributed by atoms with Crippen molar-refractivity contribution in [1.82, 2.24) is 0 Å². The van der Waals surface area contributed by atoms with E-state index in [1.807, 2.05) is 36.4 Å². The fourth-order valence-corrected chi connectivity index (χ4v) is 2.54. The first kappa shape index (κ1) is 12.7. The van der Waals surface area contributed by atoms with Crippen LogP contribution in [-0.2, 0) is 0 Å². The molecule has 0 aliphatic rings. The van der Waals surface area contributed by atoms with E-state index in [9.17, 15) is 0 Å². The molecule has 20 heavy (non-hydrogen) atoms. The van der Waals surface area contributed by atoms with E-state index in [-0.39, 0.29) is 6.04 Å². The van der Waals surface area contributed by atoms with E-state index in [0.717, 1.165) is 16.9 Å². The Morgan fingerprint density at radius 2 is 1.65 bits per heavy atom. The minimum Gasteiger partial charge on any atom is -0.497 e. The van der Waals surface area contributed by atoms with Crippen molar-refractivity contribution in [2.24, 2.45) is 5.73 Å². The van der Waals surface area contributed by atoms with Gasteiger partial charge in [0.05, 0.1) is 13.2 Å². The molecule has 0 fully saturated rings. The second kappa shape index (κ2) is 5.35. The average molecular weight is 263 g/mol. The topological polar surface area (TPSA) is 35.2 Å². The number of hydrogen-bond acceptors (Lipinski definition) is 2. The third kappa shape index (κ3) is 2.26. The Labute approximate surface area is 118 Å². The first-order valence-electron chi connectivity index (χ1n) is 6.67. The van der Waals surface area contributed by atoms with Gasteiger partial charge in [-0.05, 0) is 34.0 Å². The van der Waals surface area contributed by atoms with Gasteiger partial charge in [0.25, 0.3) is 0 Å². The van der Waals surface area contributed by atoms with Gasteiger partial charge in [-0.15, -0.1) is 0 Å². The monoisotopic (exact) mass is 263 g/mol. The van der Waals surface area contributed by atoms with Crippen LogP contribution in [0.4, 0.5) is 0 Å². The van der Waals surface area contributed by atoms with Crippen LogP contribution in [0.15, 0.2) is 66.7 Å². The first-order valence-corrected chi connectivity index (χ1v) is 6.67. The summed E-state index contributed by atoms with van der Waals surface area (Å²) >= 11 is 0. The van der Waals surface area contributed by atoms with Gasteiger partial charge in [-0.3, -0.25) is 0 Å². The van der Waals surface area contributed by atoms with Crippen LogP contribution in [0, 0.1) is 0 Å². The smallest absolute Gasteiger partial charge is 0.119 e. The highest BCUT2D eigenvalue weighted by molar-refractivity contribution is 5.86. The average Bonchev–Trinajstić information content (AvgIpc) is 2.53. The molecule has 2 heteroatoms. The molecule has 1 unspecified atom stereocenters. The number of ether oxygens (including phenoxy) is 1. The van der Waals surface area contributed by atoms with Gasteiger partial charge < -0.3 is 10.5 Å². The lowest BCUT2D eigenvalue weighted by Crippen LogP contribution is -2.12. The third-order valence-corrected chi connectivity index (χ3v) is 3.61. The van der Waals surface area contributed by atoms with Crippen molar-refractivity contribution in [3.8, 4) is 5.75 Å². The number of hydrogen-bond donors (Lipinski definition) is 1. The molecule has 2 N–H and O–H groups in total. The quantitative estimate of drug-likeness (QED) is 0.778. The second-order valence-electron chi connectivity index (χ2n) is 4.82. The second-order valence-corrected chi connectivity index (χ2v) is 4.82. The first-order chi connectivity index (χ1) is 9.79. The molecule has 3 aromatic carbocycles. The molecule has 1 atom stereocenters. The molecule has 3 aromatic rings. The molecular formula is C18H17NO. The van der Waals surface area contributed by atoms with Gasteiger partial charge in [0.1, 0.15) is 5.75 Å². The lowest BCUT2D eigenvalue weighted by atomic mass is 9.94. The number of methoxy groups -OCH3 is 1. The Morgan fingerprint density at radius 3 is 2.50 bits per heavy atom. The van der Waals surface area contributed by atoms with E-state index in [1.54, 1.807) is 7.11 Å². The molecule has 0 radical (unpaired) electrons. The Balaban J connectivity index is 2.10. The summed E-state index contributed by atoms with van der Waals surface area (Å²) in [5.74, 6) is 0.832. The highest BCUT2D eigenvalue weighted by Gasteiger charge is 2.12. The normalized spacial score (nSPS) is 12.3. The maximum absolute atomic E-state index is 6.45. The van der Waals surface area contributed by atoms with E-state index < -0.39 is 0 Å². The van der Waals surface area contributed by atoms with Crippen LogP contribution in [0.1, 0.15) is 17.2 Å². The van der Waals surface area contributed by atoms with Crippen LogP contribution < -0.4 is 10.5 Å². The van der Waals surface area contributed by atoms with Crippen molar-refractivity contribution in [2.45, 2.75) is 6.04 Å². The Kier molecular flexibility index (Phi) is 3.40. The van der Waals surface area contributed by atoms with E-state index in [2.05, 4.69) is 30.3 Å². The summed E-state index contributed by atoms with van der Waals surface area (Å²) in [6.45, 7) is 0. The van der Waals surface area contributed by atoms with E-state index >= 15 is 0 Å². The predicted molar refractivity (Wildman–Crippen MR) is 83.0 cm³/mol. The van der Waals surface area contributed by atoms with Crippen LogP contribution in [0.25, 0.3) is 10.8 Å². The number of nitrogens with two attached hydrogens (primary N) is 1. The zero-order chi connectivity index (χ0) is 13.9. The van der Waals surface area contributed by atoms with Crippen molar-refractivity contribution < 1.29 is 4.74 Å². The lowest BCUT2D eigenvalue weighted by Gasteiger charge is -2.16. The zero-order valence-electron chi connectivity index (χ0n) is 11.4. The fourth-order valence-electron chi connectivity index (χ4n) is 2.54. The van der Waals surface area contributed by atoms with Gasteiger partial charge in [0.15, 0.2) is 0 Å². The van der Waals surface area contributed by atoms with Crippen LogP contribution in [0.3, 0.4) is 0 Å². The third-order valence-electron chi connectivity index (χ3n) is 3.61. The zero-order valence-corrected chi connectivity index (χ0v) is 11.4. The molecule has 0 saturated carbocycles. The summed E-state index contributed by atoms with van der Waals surface area (Å²) in [5.41, 5.74) is 8.64. The Morgan fingerprint density at radius 1 is 0.900 bits per heavy atom. The van der Waals surface area contributed by atoms with E-state index in [1.165, 1.54) is 10.8 Å². The summed E-state index contributed by atoms with van der Waals surface area (Å²) in [4.78, 5) is 0. The molecule has 0 aromatic heterocycles. The van der Waals surface area contributed by atoms with Gasteiger partial charge in [0.2, 0.25) is 0 Å². The highest BCUT2D eigenvalue weighted by Crippen LogP contribution is 2.28. The number of benzene rings is 3. The minimum atomic E-state index is -0.156. The van der Waals surface area contributed by atoms with Gasteiger partial charge in [-0.1, -0.05) is 54.6 Å². The standard InChI is InChI=1S/C18H17NO/c1-20-15-9-4-8-14(12-15)18(19)17-11-5-7-13-6-2-3-10-16(13)17/h2-12,18H,19H2,1H3. The Hall–Kier alpha value is -2.32. The van der Waals surface area contributed by atoms with Crippen molar-refractivity contribution >= 4 is 10.8 Å². The van der Waals surface area contributed by atoms with Gasteiger partial charge in [-0.25, -0.2) is 0 Å². The van der Waals surface area contributed by atoms with E-state index in [0.29, 0.717) is 0 Å². The van der Waals surface area contributed by atoms with Crippen LogP contribution in [-0.4, -0.2) is 7.11 Å². The van der Waals surface area contributed by atoms with Gasteiger partial charge >= 0.3 is 0 Å². The van der Waals surface area contributed by atoms with Crippen LogP contribution >= 0.6 is 0 Å². The summed E-state index contributed by atoms with van der Waals surface area (Å²) in [6.07, 6.45) is 0. The summed E-state index contributed by atoms with van der Waals surface area (Å²) in [6, 6.07) is 22.3. The molecule has 0 amide bonds. The van der Waals surface area contributed by atoms with Crippen LogP contribution in [0.5, 0.6) is 5.75 Å². The molecule has 0 saturated heterocycles. The predicted octanol–water partition coefficient (Wildman–Crippen LogP) is 3.90. The molecule has 0 aliphatic heterocycles. The van der Waals surface area contributed by atoms with Crippen molar-refractivity contribution in [2.75, 3.05) is 7.11 Å². The summed E-state index contributed by atoms with van der Waals surface area (Å²) in [5, 5.41) is 2.41. The maximum Gasteiger partial charge on any atom is 0.119 e. The molecule has 100 valence electrons. The number of fused-ring (bicyclic) bond motifs is 1. The SMILES string of the molecule is COc1cccc(C(N)c2cccc3ccccc23)c1. The molecule has 0 aliphatic carbocycles. The summed E-state index contributed by atoms with van der Waals surface area (Å²) in [7, 11) is 1.67. The number of rotatable bonds is 3. The van der Waals surface area contributed by atoms with Gasteiger partial charge in [0, 0.05) is 0 Å².